The number of carbonyl (C=O) groups excluding carboxylic acids is 1. The van der Waals surface area contributed by atoms with E-state index in [1.165, 1.54) is 4.31 Å². The Morgan fingerprint density at radius 3 is 2.25 bits per heavy atom. The number of nitrogens with one attached hydrogen (secondary N) is 1. The molecule has 2 aromatic carbocycles. The summed E-state index contributed by atoms with van der Waals surface area (Å²) in [5.74, 6) is 1.05. The number of carbonyl (C=O) groups is 1. The molecule has 1 atom stereocenters. The average Bonchev–Trinajstić information content (AvgIpc) is 2.67. The molecule has 0 saturated heterocycles. The van der Waals surface area contributed by atoms with Gasteiger partial charge in [0, 0.05) is 17.7 Å². The van der Waals surface area contributed by atoms with Crippen LogP contribution in [-0.2, 0) is 10.0 Å². The Bertz CT molecular complexity index is 926. The molecule has 2 rings (SSSR count). The van der Waals surface area contributed by atoms with Crippen LogP contribution >= 0.6 is 0 Å². The molecule has 0 aliphatic heterocycles. The fraction of sp³-hybridized carbons (Fsp3) is 0.350. The maximum atomic E-state index is 12.6. The molecule has 0 bridgehead atoms. The zero-order valence-corrected chi connectivity index (χ0v) is 17.5. The normalized spacial score (nSPS) is 12.2. The highest BCUT2D eigenvalue weighted by molar-refractivity contribution is 7.92. The second-order valence-corrected chi connectivity index (χ2v) is 8.18. The Morgan fingerprint density at radius 2 is 1.75 bits per heavy atom. The third kappa shape index (κ3) is 4.95. The first kappa shape index (κ1) is 21.6. The molecule has 0 saturated carbocycles. The van der Waals surface area contributed by atoms with Crippen LogP contribution in [0, 0.1) is 0 Å². The van der Waals surface area contributed by atoms with Crippen molar-refractivity contribution in [2.45, 2.75) is 19.9 Å². The summed E-state index contributed by atoms with van der Waals surface area (Å²) in [5.41, 5.74) is 1.74. The number of anilines is 1. The van der Waals surface area contributed by atoms with E-state index in [-0.39, 0.29) is 11.9 Å². The summed E-state index contributed by atoms with van der Waals surface area (Å²) in [7, 11) is -0.218. The quantitative estimate of drug-likeness (QED) is 0.728. The summed E-state index contributed by atoms with van der Waals surface area (Å²) in [6.45, 7) is 3.92. The standard InChI is InChI=1S/C20H26N2O5S/c1-6-22(28(5,24)25)16-9-7-15(8-10-16)20(23)21-14(2)18-13-17(26-3)11-12-19(18)27-4/h7-14H,6H2,1-5H3,(H,21,23)/t14-/m1/s1. The smallest absolute Gasteiger partial charge is 0.251 e. The number of ether oxygens (including phenoxy) is 2. The van der Waals surface area contributed by atoms with Gasteiger partial charge in [0.1, 0.15) is 11.5 Å². The van der Waals surface area contributed by atoms with Gasteiger partial charge in [-0.15, -0.1) is 0 Å². The van der Waals surface area contributed by atoms with Crippen LogP contribution in [0.4, 0.5) is 5.69 Å². The number of sulfonamides is 1. The Morgan fingerprint density at radius 1 is 1.11 bits per heavy atom. The molecule has 2 aromatic rings. The minimum absolute atomic E-state index is 0.272. The maximum Gasteiger partial charge on any atom is 0.251 e. The molecule has 0 radical (unpaired) electrons. The van der Waals surface area contributed by atoms with E-state index in [0.717, 1.165) is 11.8 Å². The number of amides is 1. The van der Waals surface area contributed by atoms with E-state index in [9.17, 15) is 13.2 Å². The second kappa shape index (κ2) is 8.97. The summed E-state index contributed by atoms with van der Waals surface area (Å²) in [5, 5.41) is 2.93. The minimum atomic E-state index is -3.36. The average molecular weight is 407 g/mol. The monoisotopic (exact) mass is 406 g/mol. The molecular weight excluding hydrogens is 380 g/mol. The predicted molar refractivity (Wildman–Crippen MR) is 110 cm³/mol. The zero-order chi connectivity index (χ0) is 20.9. The number of benzene rings is 2. The van der Waals surface area contributed by atoms with E-state index < -0.39 is 10.0 Å². The van der Waals surface area contributed by atoms with Crippen molar-refractivity contribution in [3.05, 3.63) is 53.6 Å². The van der Waals surface area contributed by atoms with Gasteiger partial charge in [0.25, 0.3) is 5.91 Å². The van der Waals surface area contributed by atoms with Gasteiger partial charge in [0.2, 0.25) is 10.0 Å². The molecule has 1 N–H and O–H groups in total. The SMILES string of the molecule is CCN(c1ccc(C(=O)N[C@H](C)c2cc(OC)ccc2OC)cc1)S(C)(=O)=O. The van der Waals surface area contributed by atoms with Gasteiger partial charge < -0.3 is 14.8 Å². The molecule has 0 spiro atoms. The zero-order valence-electron chi connectivity index (χ0n) is 16.7. The lowest BCUT2D eigenvalue weighted by atomic mass is 10.1. The molecule has 0 aromatic heterocycles. The van der Waals surface area contributed by atoms with Gasteiger partial charge in [0.15, 0.2) is 0 Å². The Labute approximate surface area is 166 Å². The molecule has 0 aliphatic carbocycles. The molecule has 8 heteroatoms. The molecule has 0 heterocycles. The highest BCUT2D eigenvalue weighted by Gasteiger charge is 2.18. The summed E-state index contributed by atoms with van der Waals surface area (Å²) in [6.07, 6.45) is 1.15. The van der Waals surface area contributed by atoms with E-state index >= 15 is 0 Å². The summed E-state index contributed by atoms with van der Waals surface area (Å²) in [4.78, 5) is 12.6. The Hall–Kier alpha value is -2.74. The van der Waals surface area contributed by atoms with Crippen molar-refractivity contribution in [1.82, 2.24) is 5.32 Å². The van der Waals surface area contributed by atoms with E-state index in [2.05, 4.69) is 5.32 Å². The fourth-order valence-corrected chi connectivity index (χ4v) is 3.90. The van der Waals surface area contributed by atoms with Crippen LogP contribution in [0.1, 0.15) is 35.8 Å². The highest BCUT2D eigenvalue weighted by atomic mass is 32.2. The van der Waals surface area contributed by atoms with E-state index in [1.807, 2.05) is 13.0 Å². The summed E-state index contributed by atoms with van der Waals surface area (Å²) >= 11 is 0. The van der Waals surface area contributed by atoms with Crippen LogP contribution in [0.2, 0.25) is 0 Å². The molecular formula is C20H26N2O5S. The number of hydrogen-bond donors (Lipinski definition) is 1. The van der Waals surface area contributed by atoms with Crippen LogP contribution in [0.25, 0.3) is 0 Å². The highest BCUT2D eigenvalue weighted by Crippen LogP contribution is 2.29. The number of rotatable bonds is 8. The second-order valence-electron chi connectivity index (χ2n) is 6.28. The van der Waals surface area contributed by atoms with Crippen LogP contribution in [0.15, 0.2) is 42.5 Å². The lowest BCUT2D eigenvalue weighted by Crippen LogP contribution is -2.30. The molecule has 0 fully saturated rings. The number of hydrogen-bond acceptors (Lipinski definition) is 5. The molecule has 0 aliphatic rings. The molecule has 1 amide bonds. The third-order valence-electron chi connectivity index (χ3n) is 4.36. The summed E-state index contributed by atoms with van der Waals surface area (Å²) < 4.78 is 35.5. The van der Waals surface area contributed by atoms with Crippen LogP contribution < -0.4 is 19.1 Å². The first-order chi connectivity index (χ1) is 13.2. The van der Waals surface area contributed by atoms with Gasteiger partial charge in [-0.2, -0.15) is 0 Å². The predicted octanol–water partition coefficient (Wildman–Crippen LogP) is 2.98. The molecule has 7 nitrogen and oxygen atoms in total. The van der Waals surface area contributed by atoms with Gasteiger partial charge >= 0.3 is 0 Å². The fourth-order valence-electron chi connectivity index (χ4n) is 2.92. The topological polar surface area (TPSA) is 84.9 Å². The van der Waals surface area contributed by atoms with Crippen LogP contribution in [0.3, 0.4) is 0 Å². The lowest BCUT2D eigenvalue weighted by Gasteiger charge is -2.21. The largest absolute Gasteiger partial charge is 0.497 e. The van der Waals surface area contributed by atoms with E-state index in [4.69, 9.17) is 9.47 Å². The van der Waals surface area contributed by atoms with E-state index in [1.54, 1.807) is 57.5 Å². The summed E-state index contributed by atoms with van der Waals surface area (Å²) in [6, 6.07) is 11.5. The van der Waals surface area contributed by atoms with Crippen LogP contribution in [-0.4, -0.2) is 41.3 Å². The Kier molecular flexibility index (Phi) is 6.90. The van der Waals surface area contributed by atoms with Gasteiger partial charge in [-0.1, -0.05) is 0 Å². The van der Waals surface area contributed by atoms with Crippen molar-refractivity contribution in [2.24, 2.45) is 0 Å². The van der Waals surface area contributed by atoms with Crippen molar-refractivity contribution >= 4 is 21.6 Å². The van der Waals surface area contributed by atoms with Crippen molar-refractivity contribution in [1.29, 1.82) is 0 Å². The van der Waals surface area contributed by atoms with Gasteiger partial charge in [-0.3, -0.25) is 9.10 Å². The number of nitrogens with zero attached hydrogens (tertiary/aromatic N) is 1. The van der Waals surface area contributed by atoms with Crippen LogP contribution in [0.5, 0.6) is 11.5 Å². The van der Waals surface area contributed by atoms with Crippen molar-refractivity contribution in [3.8, 4) is 11.5 Å². The van der Waals surface area contributed by atoms with Gasteiger partial charge in [-0.25, -0.2) is 8.42 Å². The van der Waals surface area contributed by atoms with Crippen molar-refractivity contribution in [3.63, 3.8) is 0 Å². The molecule has 0 unspecified atom stereocenters. The maximum absolute atomic E-state index is 12.6. The van der Waals surface area contributed by atoms with Gasteiger partial charge in [-0.05, 0) is 56.3 Å². The first-order valence-corrected chi connectivity index (χ1v) is 10.7. The molecule has 28 heavy (non-hydrogen) atoms. The number of methoxy groups -OCH3 is 2. The minimum Gasteiger partial charge on any atom is -0.497 e. The van der Waals surface area contributed by atoms with Crippen molar-refractivity contribution in [2.75, 3.05) is 31.3 Å². The third-order valence-corrected chi connectivity index (χ3v) is 5.63. The van der Waals surface area contributed by atoms with Gasteiger partial charge in [0.05, 0.1) is 32.2 Å². The molecule has 152 valence electrons. The lowest BCUT2D eigenvalue weighted by molar-refractivity contribution is 0.0939. The van der Waals surface area contributed by atoms with E-state index in [0.29, 0.717) is 29.3 Å². The Balaban J connectivity index is 2.19. The van der Waals surface area contributed by atoms with Crippen molar-refractivity contribution < 1.29 is 22.7 Å². The first-order valence-electron chi connectivity index (χ1n) is 8.81.